The second-order valence-electron chi connectivity index (χ2n) is 8.89. The molecule has 1 atom stereocenters. The van der Waals surface area contributed by atoms with E-state index < -0.39 is 36.8 Å². The lowest BCUT2D eigenvalue weighted by Gasteiger charge is -2.34. The van der Waals surface area contributed by atoms with Crippen molar-refractivity contribution < 1.29 is 22.3 Å². The van der Waals surface area contributed by atoms with Crippen LogP contribution in [0.5, 0.6) is 0 Å². The van der Waals surface area contributed by atoms with Crippen LogP contribution in [0.25, 0.3) is 22.7 Å². The third-order valence-electron chi connectivity index (χ3n) is 6.04. The molecule has 0 bridgehead atoms. The van der Waals surface area contributed by atoms with Crippen molar-refractivity contribution >= 4 is 32.7 Å². The highest BCUT2D eigenvalue weighted by Crippen LogP contribution is 2.47. The zero-order valence-corrected chi connectivity index (χ0v) is 21.0. The van der Waals surface area contributed by atoms with Gasteiger partial charge in [0.1, 0.15) is 17.2 Å². The quantitative estimate of drug-likeness (QED) is 0.421. The van der Waals surface area contributed by atoms with Gasteiger partial charge in [0, 0.05) is 18.4 Å². The summed E-state index contributed by atoms with van der Waals surface area (Å²) in [6.45, 7) is 4.44. The van der Waals surface area contributed by atoms with Crippen molar-refractivity contribution in [3.63, 3.8) is 0 Å². The van der Waals surface area contributed by atoms with E-state index >= 15 is 0 Å². The van der Waals surface area contributed by atoms with Crippen LogP contribution in [0.4, 0.5) is 8.78 Å². The summed E-state index contributed by atoms with van der Waals surface area (Å²) in [6.07, 6.45) is 4.57. The van der Waals surface area contributed by atoms with Gasteiger partial charge in [-0.2, -0.15) is 0 Å². The average molecular weight is 519 g/mol. The first-order valence-electron chi connectivity index (χ1n) is 11.0. The third kappa shape index (κ3) is 4.46. The van der Waals surface area contributed by atoms with Gasteiger partial charge in [-0.3, -0.25) is 0 Å². The maximum absolute atomic E-state index is 14.8. The Morgan fingerprint density at radius 2 is 1.71 bits per heavy atom. The molecule has 1 N–H and O–H groups in total. The minimum Gasteiger partial charge on any atom is -0.384 e. The first-order chi connectivity index (χ1) is 16.4. The topological polar surface area (TPSA) is 72.2 Å². The lowest BCUT2D eigenvalue weighted by molar-refractivity contribution is 0.0743. The summed E-state index contributed by atoms with van der Waals surface area (Å²) < 4.78 is 55.8. The largest absolute Gasteiger partial charge is 0.384 e. The molecule has 0 spiro atoms. The fraction of sp³-hybridized carbons (Fsp3) is 0.269. The molecule has 0 saturated heterocycles. The molecule has 184 valence electrons. The Kier molecular flexibility index (Phi) is 6.51. The van der Waals surface area contributed by atoms with E-state index in [0.717, 1.165) is 17.7 Å². The predicted octanol–water partition coefficient (Wildman–Crippen LogP) is 5.75. The van der Waals surface area contributed by atoms with Crippen molar-refractivity contribution in [1.29, 1.82) is 0 Å². The highest BCUT2D eigenvalue weighted by atomic mass is 35.5. The fourth-order valence-corrected chi connectivity index (χ4v) is 6.00. The zero-order valence-electron chi connectivity index (χ0n) is 19.5. The number of aliphatic hydroxyl groups is 1. The number of sulfone groups is 1. The molecule has 1 heterocycles. The number of benzene rings is 2. The summed E-state index contributed by atoms with van der Waals surface area (Å²) in [4.78, 5) is 4.32. The molecule has 0 fully saturated rings. The number of allylic oxidation sites excluding steroid dienone is 3. The first-order valence-corrected chi connectivity index (χ1v) is 13.1. The molecular formula is C26H25ClF2N2O3S. The molecule has 4 rings (SSSR count). The number of hydrogen-bond acceptors (Lipinski definition) is 4. The van der Waals surface area contributed by atoms with Crippen LogP contribution in [0.3, 0.4) is 0 Å². The molecule has 35 heavy (non-hydrogen) atoms. The number of alkyl halides is 1. The number of hydrogen-bond donors (Lipinski definition) is 1. The summed E-state index contributed by atoms with van der Waals surface area (Å²) in [7, 11) is -3.95. The van der Waals surface area contributed by atoms with Gasteiger partial charge >= 0.3 is 0 Å². The Bertz CT molecular complexity index is 1420. The van der Waals surface area contributed by atoms with Gasteiger partial charge < -0.3 is 9.67 Å². The summed E-state index contributed by atoms with van der Waals surface area (Å²) in [5.74, 6) is -2.21. The molecule has 1 aliphatic carbocycles. The van der Waals surface area contributed by atoms with Crippen LogP contribution in [0.15, 0.2) is 66.9 Å². The monoisotopic (exact) mass is 518 g/mol. The molecule has 0 amide bonds. The van der Waals surface area contributed by atoms with Gasteiger partial charge in [0.05, 0.1) is 17.0 Å². The van der Waals surface area contributed by atoms with Crippen LogP contribution >= 0.6 is 11.6 Å². The summed E-state index contributed by atoms with van der Waals surface area (Å²) in [5.41, 5.74) is -0.247. The van der Waals surface area contributed by atoms with Crippen molar-refractivity contribution in [3.05, 3.63) is 89.8 Å². The van der Waals surface area contributed by atoms with Gasteiger partial charge in [0.15, 0.2) is 19.9 Å². The molecule has 1 aliphatic rings. The number of rotatable bonds is 6. The molecule has 0 radical (unpaired) electrons. The maximum atomic E-state index is 14.8. The normalized spacial score (nSPS) is 18.8. The Hall–Kier alpha value is -2.81. The number of nitrogens with zero attached hydrogens (tertiary/aromatic N) is 2. The lowest BCUT2D eigenvalue weighted by atomic mass is 9.95. The van der Waals surface area contributed by atoms with E-state index in [1.807, 2.05) is 30.3 Å². The van der Waals surface area contributed by atoms with E-state index in [4.69, 9.17) is 11.6 Å². The molecule has 3 aromatic rings. The minimum absolute atomic E-state index is 0.0707. The summed E-state index contributed by atoms with van der Waals surface area (Å²) in [6, 6.07) is 12.6. The standard InChI is InChI=1S/C26H25ClF2N2O3S/c1-4-35(33,34)26(27)15-18(17-9-6-5-7-10-17)13-14-22(26)31-16-21(25(2,3)32)30-24(31)23-19(28)11-8-12-20(23)29/h5-14,16,32H,4,15H2,1-3H3. The van der Waals surface area contributed by atoms with Gasteiger partial charge in [0.25, 0.3) is 0 Å². The van der Waals surface area contributed by atoms with E-state index in [-0.39, 0.29) is 29.4 Å². The molecular weight excluding hydrogens is 494 g/mol. The summed E-state index contributed by atoms with van der Waals surface area (Å²) in [5, 5.41) is 10.6. The van der Waals surface area contributed by atoms with Crippen LogP contribution in [0.1, 0.15) is 38.4 Å². The molecule has 0 aliphatic heterocycles. The van der Waals surface area contributed by atoms with Gasteiger partial charge in [-0.05, 0) is 43.2 Å². The Balaban J connectivity index is 2.03. The van der Waals surface area contributed by atoms with Gasteiger partial charge in [-0.1, -0.05) is 61.0 Å². The molecule has 1 unspecified atom stereocenters. The van der Waals surface area contributed by atoms with Crippen molar-refractivity contribution in [1.82, 2.24) is 9.55 Å². The van der Waals surface area contributed by atoms with E-state index in [9.17, 15) is 22.3 Å². The lowest BCUT2D eigenvalue weighted by Crippen LogP contribution is -2.39. The first kappa shape index (κ1) is 25.3. The van der Waals surface area contributed by atoms with Crippen molar-refractivity contribution in [2.45, 2.75) is 37.0 Å². The molecule has 5 nitrogen and oxygen atoms in total. The Morgan fingerprint density at radius 1 is 1.09 bits per heavy atom. The van der Waals surface area contributed by atoms with E-state index in [2.05, 4.69) is 4.98 Å². The minimum atomic E-state index is -3.95. The molecule has 2 aromatic carbocycles. The maximum Gasteiger partial charge on any atom is 0.189 e. The molecule has 9 heteroatoms. The second-order valence-corrected chi connectivity index (χ2v) is 12.3. The van der Waals surface area contributed by atoms with Gasteiger partial charge in [0.2, 0.25) is 0 Å². The van der Waals surface area contributed by atoms with Crippen molar-refractivity contribution in [2.75, 3.05) is 5.75 Å². The van der Waals surface area contributed by atoms with Crippen LogP contribution in [-0.2, 0) is 15.4 Å². The van der Waals surface area contributed by atoms with Crippen LogP contribution < -0.4 is 0 Å². The van der Waals surface area contributed by atoms with Gasteiger partial charge in [-0.25, -0.2) is 22.2 Å². The summed E-state index contributed by atoms with van der Waals surface area (Å²) >= 11 is 6.98. The van der Waals surface area contributed by atoms with Crippen LogP contribution in [-0.4, -0.2) is 33.0 Å². The Morgan fingerprint density at radius 3 is 2.29 bits per heavy atom. The van der Waals surface area contributed by atoms with Gasteiger partial charge in [-0.15, -0.1) is 0 Å². The fourth-order valence-electron chi connectivity index (χ4n) is 4.05. The highest BCUT2D eigenvalue weighted by molar-refractivity contribution is 7.94. The molecule has 1 aromatic heterocycles. The third-order valence-corrected chi connectivity index (χ3v) is 9.17. The highest BCUT2D eigenvalue weighted by Gasteiger charge is 2.48. The van der Waals surface area contributed by atoms with Crippen molar-refractivity contribution in [3.8, 4) is 11.4 Å². The van der Waals surface area contributed by atoms with Crippen LogP contribution in [0, 0.1) is 11.6 Å². The number of imidazole rings is 1. The van der Waals surface area contributed by atoms with E-state index in [1.54, 1.807) is 6.08 Å². The average Bonchev–Trinajstić information content (AvgIpc) is 3.24. The number of halogens is 3. The van der Waals surface area contributed by atoms with E-state index in [0.29, 0.717) is 5.57 Å². The smallest absolute Gasteiger partial charge is 0.189 e. The second kappa shape index (κ2) is 9.00. The Labute approximate surface area is 208 Å². The van der Waals surface area contributed by atoms with Crippen molar-refractivity contribution in [2.24, 2.45) is 0 Å². The zero-order chi connectivity index (χ0) is 25.6. The predicted molar refractivity (Wildman–Crippen MR) is 134 cm³/mol. The van der Waals surface area contributed by atoms with Crippen LogP contribution in [0.2, 0.25) is 0 Å². The SMILES string of the molecule is CCS(=O)(=O)C1(Cl)CC(c2ccccc2)=CC=C1n1cc(C(C)(C)O)nc1-c1c(F)cccc1F. The van der Waals surface area contributed by atoms with E-state index in [1.165, 1.54) is 43.7 Å². The number of aromatic nitrogens is 2. The molecule has 0 saturated carbocycles.